The number of aromatic nitrogens is 4. The highest BCUT2D eigenvalue weighted by Crippen LogP contribution is 2.47. The zero-order valence-corrected chi connectivity index (χ0v) is 36.9. The molecule has 5 heteroatoms. The van der Waals surface area contributed by atoms with Gasteiger partial charge in [-0.2, -0.15) is 0 Å². The summed E-state index contributed by atoms with van der Waals surface area (Å²) in [7, 11) is 0. The predicted molar refractivity (Wildman–Crippen MR) is 284 cm³/mol. The molecule has 11 aromatic carbocycles. The molecule has 0 fully saturated rings. The summed E-state index contributed by atoms with van der Waals surface area (Å²) in [6.07, 6.45) is 0. The van der Waals surface area contributed by atoms with Gasteiger partial charge in [-0.05, 0) is 104 Å². The molecule has 316 valence electrons. The number of para-hydroxylation sites is 2. The van der Waals surface area contributed by atoms with Gasteiger partial charge >= 0.3 is 0 Å². The molecule has 0 saturated heterocycles. The van der Waals surface area contributed by atoms with Crippen molar-refractivity contribution in [1.82, 2.24) is 19.1 Å². The first kappa shape index (κ1) is 37.2. The first-order valence-corrected chi connectivity index (χ1v) is 23.2. The van der Waals surface area contributed by atoms with Crippen molar-refractivity contribution in [2.24, 2.45) is 0 Å². The van der Waals surface area contributed by atoms with Crippen molar-refractivity contribution in [1.29, 1.82) is 0 Å². The van der Waals surface area contributed by atoms with E-state index in [2.05, 4.69) is 228 Å². The van der Waals surface area contributed by atoms with Crippen LogP contribution in [0.15, 0.2) is 217 Å². The Balaban J connectivity index is 1.02. The molecular formula is C63H38N4O. The molecule has 0 bridgehead atoms. The van der Waals surface area contributed by atoms with Crippen molar-refractivity contribution in [3.8, 4) is 34.0 Å². The summed E-state index contributed by atoms with van der Waals surface area (Å²) in [6.45, 7) is 2.18. The molecule has 0 atom stereocenters. The van der Waals surface area contributed by atoms with E-state index < -0.39 is 0 Å². The third kappa shape index (κ3) is 5.15. The van der Waals surface area contributed by atoms with Crippen LogP contribution in [0.4, 0.5) is 0 Å². The van der Waals surface area contributed by atoms with Crippen LogP contribution in [0.5, 0.6) is 0 Å². The number of nitrogens with zero attached hydrogens (tertiary/aromatic N) is 4. The van der Waals surface area contributed by atoms with E-state index in [0.29, 0.717) is 5.95 Å². The molecule has 15 rings (SSSR count). The smallest absolute Gasteiger partial charge is 0.235 e. The predicted octanol–water partition coefficient (Wildman–Crippen LogP) is 16.8. The lowest BCUT2D eigenvalue weighted by atomic mass is 9.96. The molecule has 0 aliphatic heterocycles. The van der Waals surface area contributed by atoms with Gasteiger partial charge in [0.1, 0.15) is 11.1 Å². The van der Waals surface area contributed by atoms with E-state index in [1.807, 2.05) is 0 Å². The van der Waals surface area contributed by atoms with Crippen LogP contribution in [-0.2, 0) is 0 Å². The van der Waals surface area contributed by atoms with Crippen molar-refractivity contribution in [2.75, 3.05) is 0 Å². The van der Waals surface area contributed by atoms with Crippen molar-refractivity contribution >= 4 is 109 Å². The van der Waals surface area contributed by atoms with Crippen LogP contribution in [0.25, 0.3) is 143 Å². The Morgan fingerprint density at radius 2 is 1.06 bits per heavy atom. The molecule has 0 aliphatic rings. The van der Waals surface area contributed by atoms with E-state index in [0.717, 1.165) is 93.5 Å². The van der Waals surface area contributed by atoms with Crippen LogP contribution in [0.2, 0.25) is 0 Å². The van der Waals surface area contributed by atoms with Crippen molar-refractivity contribution in [3.05, 3.63) is 218 Å². The van der Waals surface area contributed by atoms with Gasteiger partial charge in [0.15, 0.2) is 5.58 Å². The van der Waals surface area contributed by atoms with Gasteiger partial charge in [-0.1, -0.05) is 164 Å². The molecule has 0 N–H and O–H groups in total. The Morgan fingerprint density at radius 3 is 1.91 bits per heavy atom. The Morgan fingerprint density at radius 1 is 0.382 bits per heavy atom. The summed E-state index contributed by atoms with van der Waals surface area (Å²) < 4.78 is 11.8. The maximum absolute atomic E-state index is 7.18. The summed E-state index contributed by atoms with van der Waals surface area (Å²) in [4.78, 5) is 11.1. The fourth-order valence-electron chi connectivity index (χ4n) is 11.5. The fraction of sp³-hybridized carbons (Fsp3) is 0.0159. The highest BCUT2D eigenvalue weighted by Gasteiger charge is 2.26. The van der Waals surface area contributed by atoms with Crippen molar-refractivity contribution in [3.63, 3.8) is 0 Å². The number of aryl methyl sites for hydroxylation is 1. The van der Waals surface area contributed by atoms with E-state index in [1.54, 1.807) is 0 Å². The fourth-order valence-corrected chi connectivity index (χ4v) is 11.5. The van der Waals surface area contributed by atoms with Crippen LogP contribution in [0.3, 0.4) is 0 Å². The average molecular weight is 867 g/mol. The molecule has 0 amide bonds. The number of furan rings is 1. The van der Waals surface area contributed by atoms with Gasteiger partial charge in [0, 0.05) is 49.0 Å². The summed E-state index contributed by atoms with van der Waals surface area (Å²) in [6, 6.07) is 76.3. The van der Waals surface area contributed by atoms with Gasteiger partial charge in [0.25, 0.3) is 0 Å². The number of hydrogen-bond acceptors (Lipinski definition) is 3. The van der Waals surface area contributed by atoms with Gasteiger partial charge in [-0.15, -0.1) is 0 Å². The minimum absolute atomic E-state index is 0.600. The first-order valence-electron chi connectivity index (χ1n) is 23.2. The Hall–Kier alpha value is -9.06. The second-order valence-corrected chi connectivity index (χ2v) is 18.1. The third-order valence-corrected chi connectivity index (χ3v) is 14.4. The Labute approximate surface area is 389 Å². The van der Waals surface area contributed by atoms with Gasteiger partial charge in [0.05, 0.1) is 27.8 Å². The standard InChI is InChI=1S/C63H38N4O/c1-37-15-14-19-39-28-32-50-59(55(37)39)60(40-17-4-2-5-18-40)65-63(64-50)67-51-26-13-12-25-47(51)57-45-23-10-11-24-46(45)58-49-35-41(30-34-54(49)68-62(58)61(57)67)42-27-31-48-53(36-42)66(43-20-6-3-7-21-43)52-33-29-38-16-8-9-22-44(38)56(48)52/h2-36H,1H3. The lowest BCUT2D eigenvalue weighted by molar-refractivity contribution is 0.671. The minimum Gasteiger partial charge on any atom is -0.454 e. The van der Waals surface area contributed by atoms with Crippen LogP contribution < -0.4 is 0 Å². The van der Waals surface area contributed by atoms with Gasteiger partial charge < -0.3 is 8.98 Å². The van der Waals surface area contributed by atoms with Gasteiger partial charge in [-0.25, -0.2) is 9.97 Å². The maximum atomic E-state index is 7.18. The molecule has 0 spiro atoms. The van der Waals surface area contributed by atoms with E-state index in [9.17, 15) is 0 Å². The third-order valence-electron chi connectivity index (χ3n) is 14.4. The van der Waals surface area contributed by atoms with E-state index in [4.69, 9.17) is 14.4 Å². The zero-order chi connectivity index (χ0) is 44.6. The lowest BCUT2D eigenvalue weighted by Crippen LogP contribution is -2.04. The van der Waals surface area contributed by atoms with Gasteiger partial charge in [-0.3, -0.25) is 4.57 Å². The van der Waals surface area contributed by atoms with Crippen LogP contribution in [0, 0.1) is 6.92 Å². The van der Waals surface area contributed by atoms with E-state index >= 15 is 0 Å². The number of hydrogen-bond donors (Lipinski definition) is 0. The largest absolute Gasteiger partial charge is 0.454 e. The number of rotatable bonds is 4. The highest BCUT2D eigenvalue weighted by molar-refractivity contribution is 6.35. The summed E-state index contributed by atoms with van der Waals surface area (Å²) in [5.74, 6) is 0.600. The van der Waals surface area contributed by atoms with E-state index in [1.165, 1.54) is 48.9 Å². The molecule has 4 aromatic heterocycles. The monoisotopic (exact) mass is 866 g/mol. The Bertz CT molecular complexity index is 4620. The SMILES string of the molecule is Cc1cccc2ccc3nc(-n4c5ccccc5c5c6ccccc6c6c7cc(-c8ccc9c%10c%11ccccc%11ccc%10n(-c%10ccccc%10)c9c8)ccc7oc6c54)nc(-c4ccccc4)c3c12. The molecule has 0 saturated carbocycles. The summed E-state index contributed by atoms with van der Waals surface area (Å²) in [5.41, 5.74) is 13.4. The normalized spacial score (nSPS) is 12.2. The summed E-state index contributed by atoms with van der Waals surface area (Å²) in [5, 5.41) is 15.1. The highest BCUT2D eigenvalue weighted by atomic mass is 16.3. The molecule has 0 aliphatic carbocycles. The lowest BCUT2D eigenvalue weighted by Gasteiger charge is -2.15. The first-order chi connectivity index (χ1) is 33.7. The minimum atomic E-state index is 0.600. The second kappa shape index (κ2) is 14.0. The second-order valence-electron chi connectivity index (χ2n) is 18.1. The van der Waals surface area contributed by atoms with Crippen LogP contribution in [0.1, 0.15) is 5.56 Å². The molecule has 0 unspecified atom stereocenters. The van der Waals surface area contributed by atoms with Crippen LogP contribution in [-0.4, -0.2) is 19.1 Å². The summed E-state index contributed by atoms with van der Waals surface area (Å²) >= 11 is 0. The molecular weight excluding hydrogens is 829 g/mol. The topological polar surface area (TPSA) is 48.8 Å². The van der Waals surface area contributed by atoms with Crippen molar-refractivity contribution in [2.45, 2.75) is 6.92 Å². The molecule has 5 nitrogen and oxygen atoms in total. The van der Waals surface area contributed by atoms with Crippen molar-refractivity contribution < 1.29 is 4.42 Å². The zero-order valence-electron chi connectivity index (χ0n) is 36.9. The molecule has 4 heterocycles. The maximum Gasteiger partial charge on any atom is 0.235 e. The van der Waals surface area contributed by atoms with Gasteiger partial charge in [0.2, 0.25) is 5.95 Å². The number of fused-ring (bicyclic) bond motifs is 18. The average Bonchev–Trinajstić information content (AvgIpc) is 4.07. The quantitative estimate of drug-likeness (QED) is 0.166. The van der Waals surface area contributed by atoms with Crippen LogP contribution >= 0.6 is 0 Å². The molecule has 15 aromatic rings. The molecule has 0 radical (unpaired) electrons. The Kier molecular flexibility index (Phi) is 7.64. The number of benzene rings is 11. The van der Waals surface area contributed by atoms with E-state index in [-0.39, 0.29) is 0 Å². The molecule has 68 heavy (non-hydrogen) atoms.